The summed E-state index contributed by atoms with van der Waals surface area (Å²) in [5.74, 6) is 1.01. The molecule has 1 aromatic heterocycles. The molecule has 1 amide bonds. The van der Waals surface area contributed by atoms with Crippen molar-refractivity contribution in [2.45, 2.75) is 38.3 Å². The number of ether oxygens (including phenoxy) is 1. The number of aromatic nitrogens is 1. The zero-order chi connectivity index (χ0) is 15.3. The molecule has 1 aromatic rings. The minimum atomic E-state index is -0.468. The van der Waals surface area contributed by atoms with Crippen molar-refractivity contribution in [3.05, 3.63) is 18.3 Å². The van der Waals surface area contributed by atoms with E-state index in [2.05, 4.69) is 15.2 Å². The quantitative estimate of drug-likeness (QED) is 0.867. The van der Waals surface area contributed by atoms with Crippen molar-refractivity contribution in [3.63, 3.8) is 0 Å². The maximum absolute atomic E-state index is 12.0. The van der Waals surface area contributed by atoms with Gasteiger partial charge in [-0.2, -0.15) is 0 Å². The lowest BCUT2D eigenvalue weighted by Gasteiger charge is -2.25. The molecule has 21 heavy (non-hydrogen) atoms. The van der Waals surface area contributed by atoms with Gasteiger partial charge in [0.1, 0.15) is 11.4 Å². The van der Waals surface area contributed by atoms with Crippen LogP contribution in [0, 0.1) is 5.92 Å². The Kier molecular flexibility index (Phi) is 3.00. The fraction of sp³-hybridized carbons (Fsp3) is 0.600. The second-order valence-corrected chi connectivity index (χ2v) is 7.01. The van der Waals surface area contributed by atoms with E-state index in [9.17, 15) is 4.79 Å². The molecule has 0 spiro atoms. The molecule has 2 aliphatic rings. The maximum atomic E-state index is 12.0. The smallest absolute Gasteiger partial charge is 0.408 e. The van der Waals surface area contributed by atoms with Crippen LogP contribution in [-0.2, 0) is 4.74 Å². The molecule has 1 aliphatic heterocycles. The van der Waals surface area contributed by atoms with Crippen molar-refractivity contribution in [2.75, 3.05) is 23.7 Å². The van der Waals surface area contributed by atoms with Crippen LogP contribution in [0.2, 0.25) is 0 Å². The first-order valence-electron chi connectivity index (χ1n) is 7.25. The number of piperidine rings is 1. The van der Waals surface area contributed by atoms with Gasteiger partial charge in [-0.15, -0.1) is 0 Å². The molecule has 2 heterocycles. The van der Waals surface area contributed by atoms with Gasteiger partial charge in [-0.3, -0.25) is 0 Å². The summed E-state index contributed by atoms with van der Waals surface area (Å²) in [7, 11) is 0. The van der Waals surface area contributed by atoms with Gasteiger partial charge in [0.25, 0.3) is 0 Å². The summed E-state index contributed by atoms with van der Waals surface area (Å²) in [6.07, 6.45) is 2.47. The summed E-state index contributed by atoms with van der Waals surface area (Å²) >= 11 is 0. The van der Waals surface area contributed by atoms with Crippen LogP contribution >= 0.6 is 0 Å². The lowest BCUT2D eigenvalue weighted by molar-refractivity contribution is 0.0498. The summed E-state index contributed by atoms with van der Waals surface area (Å²) in [4.78, 5) is 18.3. The first kappa shape index (κ1) is 14.0. The van der Waals surface area contributed by atoms with Crippen molar-refractivity contribution in [3.8, 4) is 0 Å². The molecule has 6 heteroatoms. The second kappa shape index (κ2) is 4.51. The molecule has 1 saturated heterocycles. The van der Waals surface area contributed by atoms with Crippen molar-refractivity contribution in [1.82, 2.24) is 10.3 Å². The number of nitrogens with one attached hydrogen (secondary N) is 1. The van der Waals surface area contributed by atoms with Crippen LogP contribution in [0.4, 0.5) is 16.3 Å². The fourth-order valence-electron chi connectivity index (χ4n) is 2.97. The summed E-state index contributed by atoms with van der Waals surface area (Å²) in [5, 5.41) is 3.05. The monoisotopic (exact) mass is 290 g/mol. The third-order valence-electron chi connectivity index (χ3n) is 4.03. The third kappa shape index (κ3) is 2.89. The third-order valence-corrected chi connectivity index (χ3v) is 4.03. The highest BCUT2D eigenvalue weighted by molar-refractivity contribution is 5.70. The number of hydrogen-bond donors (Lipinski definition) is 2. The van der Waals surface area contributed by atoms with Crippen molar-refractivity contribution < 1.29 is 9.53 Å². The van der Waals surface area contributed by atoms with Crippen LogP contribution < -0.4 is 16.0 Å². The van der Waals surface area contributed by atoms with Gasteiger partial charge >= 0.3 is 6.09 Å². The normalized spacial score (nSPS) is 27.2. The molecule has 0 aromatic carbocycles. The van der Waals surface area contributed by atoms with E-state index in [1.165, 1.54) is 0 Å². The molecule has 0 radical (unpaired) electrons. The Bertz CT molecular complexity index is 552. The van der Waals surface area contributed by atoms with Gasteiger partial charge in [-0.1, -0.05) is 0 Å². The molecule has 2 unspecified atom stereocenters. The summed E-state index contributed by atoms with van der Waals surface area (Å²) in [5.41, 5.74) is 6.05. The van der Waals surface area contributed by atoms with E-state index in [0.29, 0.717) is 11.7 Å². The number of nitrogens with two attached hydrogens (primary N) is 1. The summed E-state index contributed by atoms with van der Waals surface area (Å²) in [6, 6.07) is 3.77. The number of carbonyl (C=O) groups is 1. The van der Waals surface area contributed by atoms with Gasteiger partial charge in [0.05, 0.1) is 17.4 Å². The zero-order valence-electron chi connectivity index (χ0n) is 12.7. The number of amides is 1. The van der Waals surface area contributed by atoms with Crippen LogP contribution in [0.1, 0.15) is 27.2 Å². The molecule has 3 rings (SSSR count). The Balaban J connectivity index is 1.62. The first-order valence-corrected chi connectivity index (χ1v) is 7.25. The van der Waals surface area contributed by atoms with E-state index in [-0.39, 0.29) is 11.6 Å². The van der Waals surface area contributed by atoms with E-state index >= 15 is 0 Å². The number of carbonyl (C=O) groups excluding carboxylic acids is 1. The van der Waals surface area contributed by atoms with Gasteiger partial charge < -0.3 is 20.7 Å². The van der Waals surface area contributed by atoms with Gasteiger partial charge in [0.2, 0.25) is 0 Å². The number of hydrogen-bond acceptors (Lipinski definition) is 5. The largest absolute Gasteiger partial charge is 0.444 e. The molecule has 114 valence electrons. The number of nitrogen functional groups attached to an aromatic ring is 1. The molecule has 1 aliphatic carbocycles. The minimum Gasteiger partial charge on any atom is -0.444 e. The predicted molar refractivity (Wildman–Crippen MR) is 81.1 cm³/mol. The molecule has 1 saturated carbocycles. The van der Waals surface area contributed by atoms with Crippen LogP contribution in [0.25, 0.3) is 0 Å². The minimum absolute atomic E-state index is 0.135. The highest BCUT2D eigenvalue weighted by Gasteiger charge is 2.61. The van der Waals surface area contributed by atoms with Crippen LogP contribution in [-0.4, -0.2) is 35.3 Å². The van der Waals surface area contributed by atoms with E-state index in [0.717, 1.165) is 25.2 Å². The van der Waals surface area contributed by atoms with E-state index in [4.69, 9.17) is 10.5 Å². The predicted octanol–water partition coefficient (Wildman–Crippen LogP) is 1.77. The van der Waals surface area contributed by atoms with Gasteiger partial charge in [0.15, 0.2) is 0 Å². The number of nitrogens with zero attached hydrogens (tertiary/aromatic N) is 2. The Morgan fingerprint density at radius 3 is 2.90 bits per heavy atom. The van der Waals surface area contributed by atoms with E-state index < -0.39 is 5.60 Å². The highest BCUT2D eigenvalue weighted by atomic mass is 16.6. The number of pyridine rings is 1. The maximum Gasteiger partial charge on any atom is 0.408 e. The molecule has 2 fully saturated rings. The van der Waals surface area contributed by atoms with Crippen molar-refractivity contribution in [1.29, 1.82) is 0 Å². The molecule has 0 bridgehead atoms. The average molecular weight is 290 g/mol. The summed E-state index contributed by atoms with van der Waals surface area (Å²) in [6.45, 7) is 7.34. The number of fused-ring (bicyclic) bond motifs is 1. The van der Waals surface area contributed by atoms with Crippen molar-refractivity contribution in [2.24, 2.45) is 5.92 Å². The Labute approximate surface area is 124 Å². The fourth-order valence-corrected chi connectivity index (χ4v) is 2.97. The van der Waals surface area contributed by atoms with Crippen LogP contribution in [0.15, 0.2) is 18.3 Å². The van der Waals surface area contributed by atoms with Crippen molar-refractivity contribution >= 4 is 17.6 Å². The first-order chi connectivity index (χ1) is 9.77. The van der Waals surface area contributed by atoms with Crippen LogP contribution in [0.3, 0.4) is 0 Å². The number of rotatable bonds is 2. The second-order valence-electron chi connectivity index (χ2n) is 7.01. The lowest BCUT2D eigenvalue weighted by atomic mass is 10.2. The topological polar surface area (TPSA) is 80.5 Å². The van der Waals surface area contributed by atoms with Crippen LogP contribution in [0.5, 0.6) is 0 Å². The SMILES string of the molecule is CC(C)(C)OC(=O)NC12CC1CN(c1ccc(N)nc1)C2. The molecule has 2 atom stereocenters. The number of alkyl carbamates (subject to hydrolysis) is 1. The van der Waals surface area contributed by atoms with Gasteiger partial charge in [-0.25, -0.2) is 9.78 Å². The average Bonchev–Trinajstić information content (AvgIpc) is 2.88. The van der Waals surface area contributed by atoms with Gasteiger partial charge in [-0.05, 0) is 39.3 Å². The lowest BCUT2D eigenvalue weighted by Crippen LogP contribution is -2.44. The van der Waals surface area contributed by atoms with E-state index in [1.54, 1.807) is 12.3 Å². The zero-order valence-corrected chi connectivity index (χ0v) is 12.7. The summed E-state index contributed by atoms with van der Waals surface area (Å²) < 4.78 is 5.35. The number of anilines is 2. The molecular weight excluding hydrogens is 268 g/mol. The highest BCUT2D eigenvalue weighted by Crippen LogP contribution is 2.50. The Hall–Kier alpha value is -1.98. The molecule has 3 N–H and O–H groups in total. The Morgan fingerprint density at radius 1 is 1.52 bits per heavy atom. The molecular formula is C15H22N4O2. The Morgan fingerprint density at radius 2 is 2.29 bits per heavy atom. The van der Waals surface area contributed by atoms with Gasteiger partial charge in [0, 0.05) is 19.0 Å². The standard InChI is InChI=1S/C15H22N4O2/c1-14(2,3)21-13(20)18-15-6-10(15)8-19(9-15)11-4-5-12(16)17-7-11/h4-5,7,10H,6,8-9H2,1-3H3,(H2,16,17)(H,18,20). The van der Waals surface area contributed by atoms with E-state index in [1.807, 2.05) is 26.8 Å². The molecule has 6 nitrogen and oxygen atoms in total.